The zero-order chi connectivity index (χ0) is 16.2. The number of aromatic nitrogens is 2. The minimum atomic E-state index is -3.17. The average molecular weight is 327 g/mol. The van der Waals surface area contributed by atoms with Crippen LogP contribution in [0.2, 0.25) is 0 Å². The molecule has 0 amide bonds. The maximum Gasteiger partial charge on any atom is 0.217 e. The molecule has 1 aliphatic rings. The van der Waals surface area contributed by atoms with Crippen molar-refractivity contribution in [3.63, 3.8) is 0 Å². The topological polar surface area (TPSA) is 72.4 Å². The summed E-state index contributed by atoms with van der Waals surface area (Å²) in [5.74, 6) is 1.42. The first-order valence-corrected chi connectivity index (χ1v) is 9.48. The highest BCUT2D eigenvalue weighted by Crippen LogP contribution is 2.20. The number of rotatable bonds is 6. The van der Waals surface area contributed by atoms with E-state index in [1.165, 1.54) is 0 Å². The average Bonchev–Trinajstić information content (AvgIpc) is 2.44. The van der Waals surface area contributed by atoms with Crippen molar-refractivity contribution in [2.24, 2.45) is 0 Å². The zero-order valence-electron chi connectivity index (χ0n) is 13.6. The van der Waals surface area contributed by atoms with Crippen LogP contribution >= 0.6 is 0 Å². The van der Waals surface area contributed by atoms with Crippen molar-refractivity contribution in [3.05, 3.63) is 17.6 Å². The standard InChI is InChI=1S/C15H25N3O3S/c1-4-5-9-22(19,20)18-8-6-7-14(11-18)21-15-10-12(2)16-13(3)17-15/h10,14H,4-9,11H2,1-3H3. The molecule has 1 fully saturated rings. The first-order chi connectivity index (χ1) is 10.4. The maximum atomic E-state index is 12.3. The van der Waals surface area contributed by atoms with E-state index < -0.39 is 10.0 Å². The molecule has 124 valence electrons. The highest BCUT2D eigenvalue weighted by atomic mass is 32.2. The molecule has 0 N–H and O–H groups in total. The number of ether oxygens (including phenoxy) is 1. The minimum Gasteiger partial charge on any atom is -0.473 e. The van der Waals surface area contributed by atoms with Gasteiger partial charge in [-0.1, -0.05) is 13.3 Å². The number of nitrogens with zero attached hydrogens (tertiary/aromatic N) is 3. The number of hydrogen-bond donors (Lipinski definition) is 0. The molecule has 0 bridgehead atoms. The molecule has 0 aliphatic carbocycles. The smallest absolute Gasteiger partial charge is 0.217 e. The van der Waals surface area contributed by atoms with Gasteiger partial charge in [0, 0.05) is 18.3 Å². The van der Waals surface area contributed by atoms with Crippen molar-refractivity contribution in [2.75, 3.05) is 18.8 Å². The summed E-state index contributed by atoms with van der Waals surface area (Å²) in [7, 11) is -3.17. The number of unbranched alkanes of at least 4 members (excludes halogenated alkanes) is 1. The fourth-order valence-corrected chi connectivity index (χ4v) is 4.34. The molecule has 1 saturated heterocycles. The van der Waals surface area contributed by atoms with Crippen LogP contribution < -0.4 is 4.74 Å². The van der Waals surface area contributed by atoms with Gasteiger partial charge in [-0.2, -0.15) is 9.29 Å². The summed E-state index contributed by atoms with van der Waals surface area (Å²) in [6.07, 6.45) is 3.11. The Hall–Kier alpha value is -1.21. The van der Waals surface area contributed by atoms with Gasteiger partial charge in [-0.05, 0) is 33.1 Å². The van der Waals surface area contributed by atoms with Crippen molar-refractivity contribution in [2.45, 2.75) is 52.6 Å². The molecule has 1 unspecified atom stereocenters. The van der Waals surface area contributed by atoms with E-state index in [2.05, 4.69) is 9.97 Å². The Labute approximate surface area is 133 Å². The van der Waals surface area contributed by atoms with E-state index in [9.17, 15) is 8.42 Å². The Morgan fingerprint density at radius 1 is 1.36 bits per heavy atom. The molecule has 1 aliphatic heterocycles. The summed E-state index contributed by atoms with van der Waals surface area (Å²) in [4.78, 5) is 8.48. The van der Waals surface area contributed by atoms with Crippen LogP contribution in [-0.4, -0.2) is 47.6 Å². The van der Waals surface area contributed by atoms with Crippen LogP contribution in [0.25, 0.3) is 0 Å². The molecular formula is C15H25N3O3S. The molecular weight excluding hydrogens is 302 g/mol. The third-order valence-corrected chi connectivity index (χ3v) is 5.64. The van der Waals surface area contributed by atoms with E-state index in [4.69, 9.17) is 4.74 Å². The van der Waals surface area contributed by atoms with Gasteiger partial charge in [0.15, 0.2) is 0 Å². The van der Waals surface area contributed by atoms with Crippen molar-refractivity contribution < 1.29 is 13.2 Å². The summed E-state index contributed by atoms with van der Waals surface area (Å²) in [5, 5.41) is 0. The third-order valence-electron chi connectivity index (χ3n) is 3.72. The van der Waals surface area contributed by atoms with Gasteiger partial charge in [0.05, 0.1) is 12.3 Å². The Morgan fingerprint density at radius 3 is 2.82 bits per heavy atom. The molecule has 7 heteroatoms. The van der Waals surface area contributed by atoms with Crippen molar-refractivity contribution in [1.82, 2.24) is 14.3 Å². The number of piperidine rings is 1. The minimum absolute atomic E-state index is 0.140. The van der Waals surface area contributed by atoms with Gasteiger partial charge in [-0.15, -0.1) is 0 Å². The zero-order valence-corrected chi connectivity index (χ0v) is 14.4. The molecule has 1 aromatic heterocycles. The second kappa shape index (κ2) is 7.37. The molecule has 0 radical (unpaired) electrons. The van der Waals surface area contributed by atoms with Gasteiger partial charge >= 0.3 is 0 Å². The largest absolute Gasteiger partial charge is 0.473 e. The molecule has 1 atom stereocenters. The predicted octanol–water partition coefficient (Wildman–Crippen LogP) is 2.07. The van der Waals surface area contributed by atoms with Crippen molar-refractivity contribution in [1.29, 1.82) is 0 Å². The fraction of sp³-hybridized carbons (Fsp3) is 0.733. The van der Waals surface area contributed by atoms with Gasteiger partial charge in [0.2, 0.25) is 15.9 Å². The molecule has 0 spiro atoms. The summed E-state index contributed by atoms with van der Waals surface area (Å²) in [6.45, 7) is 6.71. The maximum absolute atomic E-state index is 12.3. The van der Waals surface area contributed by atoms with E-state index in [1.54, 1.807) is 10.4 Å². The highest BCUT2D eigenvalue weighted by Gasteiger charge is 2.29. The van der Waals surface area contributed by atoms with Crippen LogP contribution in [0.3, 0.4) is 0 Å². The number of hydrogen-bond acceptors (Lipinski definition) is 5. The Balaban J connectivity index is 2.01. The number of aryl methyl sites for hydroxylation is 2. The first-order valence-electron chi connectivity index (χ1n) is 7.87. The lowest BCUT2D eigenvalue weighted by molar-refractivity contribution is 0.124. The van der Waals surface area contributed by atoms with E-state index in [1.807, 2.05) is 20.8 Å². The SMILES string of the molecule is CCCCS(=O)(=O)N1CCCC(Oc2cc(C)nc(C)n2)C1. The Morgan fingerprint density at radius 2 is 2.14 bits per heavy atom. The molecule has 0 aromatic carbocycles. The van der Waals surface area contributed by atoms with Crippen molar-refractivity contribution in [3.8, 4) is 5.88 Å². The highest BCUT2D eigenvalue weighted by molar-refractivity contribution is 7.89. The fourth-order valence-electron chi connectivity index (χ4n) is 2.62. The third kappa shape index (κ3) is 4.64. The van der Waals surface area contributed by atoms with Crippen LogP contribution in [0.15, 0.2) is 6.07 Å². The molecule has 2 heterocycles. The molecule has 0 saturated carbocycles. The summed E-state index contributed by atoms with van der Waals surface area (Å²) >= 11 is 0. The van der Waals surface area contributed by atoms with E-state index >= 15 is 0 Å². The van der Waals surface area contributed by atoms with Crippen LogP contribution in [0.5, 0.6) is 5.88 Å². The van der Waals surface area contributed by atoms with Crippen LogP contribution in [0.1, 0.15) is 44.1 Å². The lowest BCUT2D eigenvalue weighted by Crippen LogP contribution is -2.45. The molecule has 22 heavy (non-hydrogen) atoms. The predicted molar refractivity (Wildman–Crippen MR) is 85.4 cm³/mol. The normalized spacial score (nSPS) is 20.0. The lowest BCUT2D eigenvalue weighted by Gasteiger charge is -2.31. The second-order valence-corrected chi connectivity index (χ2v) is 7.89. The quantitative estimate of drug-likeness (QED) is 0.800. The molecule has 2 rings (SSSR count). The van der Waals surface area contributed by atoms with Crippen molar-refractivity contribution >= 4 is 10.0 Å². The van der Waals surface area contributed by atoms with Crippen LogP contribution in [-0.2, 0) is 10.0 Å². The monoisotopic (exact) mass is 327 g/mol. The van der Waals surface area contributed by atoms with Gasteiger partial charge in [-0.25, -0.2) is 13.4 Å². The summed E-state index contributed by atoms with van der Waals surface area (Å²) in [6, 6.07) is 1.79. The van der Waals surface area contributed by atoms with Crippen LogP contribution in [0.4, 0.5) is 0 Å². The summed E-state index contributed by atoms with van der Waals surface area (Å²) in [5.41, 5.74) is 0.853. The van der Waals surface area contributed by atoms with Gasteiger partial charge < -0.3 is 4.74 Å². The Bertz CT molecular complexity index is 584. The van der Waals surface area contributed by atoms with E-state index in [0.717, 1.165) is 25.0 Å². The summed E-state index contributed by atoms with van der Waals surface area (Å²) < 4.78 is 32.0. The van der Waals surface area contributed by atoms with Crippen LogP contribution in [0, 0.1) is 13.8 Å². The molecule has 6 nitrogen and oxygen atoms in total. The molecule has 1 aromatic rings. The van der Waals surface area contributed by atoms with Gasteiger partial charge in [0.25, 0.3) is 0 Å². The Kier molecular flexibility index (Phi) is 5.74. The van der Waals surface area contributed by atoms with Gasteiger partial charge in [0.1, 0.15) is 11.9 Å². The van der Waals surface area contributed by atoms with Gasteiger partial charge in [-0.3, -0.25) is 0 Å². The second-order valence-electron chi connectivity index (χ2n) is 5.80. The number of sulfonamides is 1. The first kappa shape index (κ1) is 17.1. The van der Waals surface area contributed by atoms with E-state index in [-0.39, 0.29) is 11.9 Å². The lowest BCUT2D eigenvalue weighted by atomic mass is 10.1. The van der Waals surface area contributed by atoms with E-state index in [0.29, 0.717) is 31.2 Å².